The molecular formula is C21H33N3O. The molecule has 25 heavy (non-hydrogen) atoms. The topological polar surface area (TPSA) is 35.6 Å². The lowest BCUT2D eigenvalue weighted by molar-refractivity contribution is 0.159. The maximum absolute atomic E-state index is 12.4. The Morgan fingerprint density at radius 2 is 2.08 bits per heavy atom. The van der Waals surface area contributed by atoms with E-state index in [4.69, 9.17) is 0 Å². The molecule has 4 heteroatoms. The number of carbonyl (C=O) groups excluding carboxylic acids is 1. The highest BCUT2D eigenvalue weighted by atomic mass is 16.2. The van der Waals surface area contributed by atoms with Crippen LogP contribution in [0.15, 0.2) is 24.3 Å². The minimum atomic E-state index is 0.100. The van der Waals surface area contributed by atoms with Gasteiger partial charge in [-0.2, -0.15) is 0 Å². The van der Waals surface area contributed by atoms with Gasteiger partial charge in [0.15, 0.2) is 0 Å². The third kappa shape index (κ3) is 4.97. The first-order valence-electron chi connectivity index (χ1n) is 9.93. The van der Waals surface area contributed by atoms with Crippen molar-refractivity contribution in [2.45, 2.75) is 58.0 Å². The van der Waals surface area contributed by atoms with Crippen molar-refractivity contribution in [1.82, 2.24) is 15.1 Å². The molecule has 1 aliphatic heterocycles. The Morgan fingerprint density at radius 1 is 1.28 bits per heavy atom. The Labute approximate surface area is 152 Å². The summed E-state index contributed by atoms with van der Waals surface area (Å²) >= 11 is 0. The summed E-state index contributed by atoms with van der Waals surface area (Å²) in [6.45, 7) is 6.30. The Hall–Kier alpha value is -1.55. The summed E-state index contributed by atoms with van der Waals surface area (Å²) in [4.78, 5) is 16.8. The van der Waals surface area contributed by atoms with E-state index in [0.717, 1.165) is 57.8 Å². The van der Waals surface area contributed by atoms with E-state index >= 15 is 0 Å². The van der Waals surface area contributed by atoms with Crippen LogP contribution in [0, 0.1) is 5.92 Å². The van der Waals surface area contributed by atoms with Crippen LogP contribution in [0.3, 0.4) is 0 Å². The largest absolute Gasteiger partial charge is 0.338 e. The number of benzene rings is 1. The fraction of sp³-hybridized carbons (Fsp3) is 0.667. The summed E-state index contributed by atoms with van der Waals surface area (Å²) in [5, 5.41) is 3.11. The van der Waals surface area contributed by atoms with Gasteiger partial charge in [0, 0.05) is 39.3 Å². The maximum Gasteiger partial charge on any atom is 0.317 e. The second-order valence-electron chi connectivity index (χ2n) is 7.92. The van der Waals surface area contributed by atoms with E-state index in [1.54, 1.807) is 0 Å². The second kappa shape index (κ2) is 8.70. The van der Waals surface area contributed by atoms with E-state index in [2.05, 4.69) is 41.4 Å². The second-order valence-corrected chi connectivity index (χ2v) is 7.92. The molecule has 1 aliphatic carbocycles. The number of nitrogens with zero attached hydrogens (tertiary/aromatic N) is 2. The molecule has 2 amide bonds. The van der Waals surface area contributed by atoms with Crippen molar-refractivity contribution in [2.24, 2.45) is 5.92 Å². The molecule has 0 aromatic heterocycles. The molecule has 2 aliphatic rings. The Balaban J connectivity index is 1.35. The Bertz CT molecular complexity index is 574. The molecule has 1 fully saturated rings. The van der Waals surface area contributed by atoms with Gasteiger partial charge in [-0.25, -0.2) is 4.79 Å². The number of rotatable bonds is 5. The standard InChI is InChI=1S/C21H33N3O/c1-17-7-5-10-20(15-17)23(2)21(25)22-12-6-13-24-14-11-18-8-3-4-9-19(18)16-24/h3-4,8-9,17,20H,5-7,10-16H2,1-2H3,(H,22,25). The molecule has 0 saturated heterocycles. The SMILES string of the molecule is CC1CCCC(N(C)C(=O)NCCCN2CCc3ccccc3C2)C1. The van der Waals surface area contributed by atoms with Crippen LogP contribution in [-0.4, -0.2) is 48.6 Å². The van der Waals surface area contributed by atoms with Crippen molar-refractivity contribution in [3.8, 4) is 0 Å². The van der Waals surface area contributed by atoms with Crippen LogP contribution in [0.2, 0.25) is 0 Å². The molecule has 2 unspecified atom stereocenters. The van der Waals surface area contributed by atoms with Crippen LogP contribution in [-0.2, 0) is 13.0 Å². The number of hydrogen-bond donors (Lipinski definition) is 1. The van der Waals surface area contributed by atoms with Gasteiger partial charge in [0.05, 0.1) is 0 Å². The van der Waals surface area contributed by atoms with Gasteiger partial charge in [-0.3, -0.25) is 4.90 Å². The van der Waals surface area contributed by atoms with Gasteiger partial charge in [0.2, 0.25) is 0 Å². The van der Waals surface area contributed by atoms with Crippen molar-refractivity contribution in [3.63, 3.8) is 0 Å². The van der Waals surface area contributed by atoms with Crippen LogP contribution in [0.25, 0.3) is 0 Å². The average Bonchev–Trinajstić information content (AvgIpc) is 2.64. The van der Waals surface area contributed by atoms with Gasteiger partial charge in [-0.1, -0.05) is 44.0 Å². The fourth-order valence-electron chi connectivity index (χ4n) is 4.29. The zero-order valence-corrected chi connectivity index (χ0v) is 15.8. The van der Waals surface area contributed by atoms with Gasteiger partial charge < -0.3 is 10.2 Å². The maximum atomic E-state index is 12.4. The van der Waals surface area contributed by atoms with Crippen molar-refractivity contribution in [3.05, 3.63) is 35.4 Å². The fourth-order valence-corrected chi connectivity index (χ4v) is 4.29. The van der Waals surface area contributed by atoms with Crippen LogP contribution >= 0.6 is 0 Å². The van der Waals surface area contributed by atoms with Gasteiger partial charge >= 0.3 is 6.03 Å². The van der Waals surface area contributed by atoms with E-state index in [1.165, 1.54) is 24.0 Å². The van der Waals surface area contributed by atoms with Crippen LogP contribution < -0.4 is 5.32 Å². The van der Waals surface area contributed by atoms with Crippen molar-refractivity contribution in [2.75, 3.05) is 26.7 Å². The summed E-state index contributed by atoms with van der Waals surface area (Å²) in [6, 6.07) is 9.27. The number of hydrogen-bond acceptors (Lipinski definition) is 2. The molecule has 4 nitrogen and oxygen atoms in total. The average molecular weight is 344 g/mol. The summed E-state index contributed by atoms with van der Waals surface area (Å²) < 4.78 is 0. The molecule has 3 rings (SSSR count). The number of fused-ring (bicyclic) bond motifs is 1. The van der Waals surface area contributed by atoms with Gasteiger partial charge in [0.1, 0.15) is 0 Å². The number of nitrogens with one attached hydrogen (secondary N) is 1. The Kier molecular flexibility index (Phi) is 6.35. The minimum Gasteiger partial charge on any atom is -0.338 e. The van der Waals surface area contributed by atoms with Gasteiger partial charge in [-0.15, -0.1) is 0 Å². The molecule has 1 aromatic carbocycles. The van der Waals surface area contributed by atoms with Crippen LogP contribution in [0.5, 0.6) is 0 Å². The van der Waals surface area contributed by atoms with E-state index in [9.17, 15) is 4.79 Å². The van der Waals surface area contributed by atoms with Crippen molar-refractivity contribution in [1.29, 1.82) is 0 Å². The number of amides is 2. The summed E-state index contributed by atoms with van der Waals surface area (Å²) in [7, 11) is 1.96. The third-order valence-corrected chi connectivity index (χ3v) is 5.91. The first-order chi connectivity index (χ1) is 12.1. The lowest BCUT2D eigenvalue weighted by Gasteiger charge is -2.34. The van der Waals surface area contributed by atoms with Gasteiger partial charge in [-0.05, 0) is 42.7 Å². The molecule has 1 saturated carbocycles. The monoisotopic (exact) mass is 343 g/mol. The Morgan fingerprint density at radius 3 is 2.88 bits per heavy atom. The summed E-state index contributed by atoms with van der Waals surface area (Å²) in [5.74, 6) is 0.746. The smallest absolute Gasteiger partial charge is 0.317 e. The lowest BCUT2D eigenvalue weighted by atomic mass is 9.86. The normalized spacial score (nSPS) is 23.8. The first-order valence-corrected chi connectivity index (χ1v) is 9.93. The molecule has 1 heterocycles. The van der Waals surface area contributed by atoms with E-state index in [1.807, 2.05) is 11.9 Å². The highest BCUT2D eigenvalue weighted by Gasteiger charge is 2.25. The lowest BCUT2D eigenvalue weighted by Crippen LogP contribution is -2.45. The molecule has 0 spiro atoms. The summed E-state index contributed by atoms with van der Waals surface area (Å²) in [5.41, 5.74) is 2.96. The molecule has 0 bridgehead atoms. The molecule has 138 valence electrons. The molecule has 2 atom stereocenters. The van der Waals surface area contributed by atoms with Crippen LogP contribution in [0.1, 0.15) is 50.2 Å². The number of urea groups is 1. The first kappa shape index (κ1) is 18.2. The van der Waals surface area contributed by atoms with Gasteiger partial charge in [0.25, 0.3) is 0 Å². The molecule has 1 N–H and O–H groups in total. The van der Waals surface area contributed by atoms with E-state index in [0.29, 0.717) is 6.04 Å². The third-order valence-electron chi connectivity index (χ3n) is 5.91. The molecule has 0 radical (unpaired) electrons. The van der Waals surface area contributed by atoms with E-state index in [-0.39, 0.29) is 6.03 Å². The molecular weight excluding hydrogens is 310 g/mol. The van der Waals surface area contributed by atoms with Crippen molar-refractivity contribution < 1.29 is 4.79 Å². The zero-order chi connectivity index (χ0) is 17.6. The highest BCUT2D eigenvalue weighted by molar-refractivity contribution is 5.74. The molecule has 1 aromatic rings. The summed E-state index contributed by atoms with van der Waals surface area (Å²) in [6.07, 6.45) is 7.03. The predicted octanol–water partition coefficient (Wildman–Crippen LogP) is 3.65. The zero-order valence-electron chi connectivity index (χ0n) is 15.8. The quantitative estimate of drug-likeness (QED) is 0.828. The number of carbonyl (C=O) groups is 1. The highest BCUT2D eigenvalue weighted by Crippen LogP contribution is 2.26. The predicted molar refractivity (Wildman–Crippen MR) is 103 cm³/mol. The van der Waals surface area contributed by atoms with E-state index < -0.39 is 0 Å². The minimum absolute atomic E-state index is 0.100. The van der Waals surface area contributed by atoms with Crippen LogP contribution in [0.4, 0.5) is 4.79 Å². The van der Waals surface area contributed by atoms with Crippen molar-refractivity contribution >= 4 is 6.03 Å².